The quantitative estimate of drug-likeness (QED) is 0.111. The second kappa shape index (κ2) is 13.1. The van der Waals surface area contributed by atoms with E-state index in [1.807, 2.05) is 24.3 Å². The van der Waals surface area contributed by atoms with Crippen LogP contribution in [-0.2, 0) is 9.47 Å². The van der Waals surface area contributed by atoms with Crippen LogP contribution in [0.3, 0.4) is 0 Å². The van der Waals surface area contributed by atoms with E-state index in [-0.39, 0.29) is 17.5 Å². The summed E-state index contributed by atoms with van der Waals surface area (Å²) in [6.45, 7) is 13.8. The molecule has 1 saturated heterocycles. The molecule has 244 valence electrons. The number of allylic oxidation sites excluding steroid dienone is 1. The summed E-state index contributed by atoms with van der Waals surface area (Å²) in [6.07, 6.45) is 15.7. The number of aliphatic hydroxyl groups excluding tert-OH is 1. The number of fused-ring (bicyclic) bond motifs is 5. The van der Waals surface area contributed by atoms with Crippen LogP contribution in [0.4, 0.5) is 0 Å². The predicted octanol–water partition coefficient (Wildman–Crippen LogP) is 8.78. The lowest BCUT2D eigenvalue weighted by atomic mass is 9.46. The first-order valence-corrected chi connectivity index (χ1v) is 18.0. The Bertz CT molecular complexity index is 1170. The third kappa shape index (κ3) is 6.39. The Morgan fingerprint density at radius 1 is 1.05 bits per heavy atom. The van der Waals surface area contributed by atoms with E-state index in [2.05, 4.69) is 40.7 Å². The predicted molar refractivity (Wildman–Crippen MR) is 175 cm³/mol. The van der Waals surface area contributed by atoms with Crippen LogP contribution in [-0.4, -0.2) is 42.6 Å². The molecule has 6 rings (SSSR count). The van der Waals surface area contributed by atoms with Crippen molar-refractivity contribution in [2.24, 2.45) is 46.3 Å². The number of epoxide rings is 1. The fourth-order valence-corrected chi connectivity index (χ4v) is 10.5. The van der Waals surface area contributed by atoms with Gasteiger partial charge in [0.05, 0.1) is 31.0 Å². The van der Waals surface area contributed by atoms with Crippen LogP contribution in [0.5, 0.6) is 5.75 Å². The Morgan fingerprint density at radius 2 is 1.82 bits per heavy atom. The second-order valence-electron chi connectivity index (χ2n) is 16.1. The maximum absolute atomic E-state index is 13.6. The SMILES string of the molecule is CC(C)CCC[C@@H](C)[C@H]1CC[C@H]2[C@@H]3CC=C4C[C@@H](O)CC(OC(=O)c5ccc(OCCCC6CO6)cc5)[C@]4(C)[C@H]3CC[C@]12C. The van der Waals surface area contributed by atoms with Crippen molar-refractivity contribution in [3.63, 3.8) is 0 Å². The summed E-state index contributed by atoms with van der Waals surface area (Å²) in [6, 6.07) is 7.37. The number of aliphatic hydroxyl groups is 1. The van der Waals surface area contributed by atoms with E-state index < -0.39 is 6.10 Å². The molecule has 0 amide bonds. The molecule has 0 aromatic heterocycles. The number of benzene rings is 1. The van der Waals surface area contributed by atoms with Crippen LogP contribution in [0.25, 0.3) is 0 Å². The molecule has 5 heteroatoms. The summed E-state index contributed by atoms with van der Waals surface area (Å²) in [5.41, 5.74) is 2.08. The molecule has 5 aliphatic rings. The van der Waals surface area contributed by atoms with Crippen LogP contribution in [0.15, 0.2) is 35.9 Å². The largest absolute Gasteiger partial charge is 0.494 e. The van der Waals surface area contributed by atoms with E-state index in [0.717, 1.165) is 55.3 Å². The van der Waals surface area contributed by atoms with Crippen molar-refractivity contribution >= 4 is 5.97 Å². The fourth-order valence-electron chi connectivity index (χ4n) is 10.5. The Hall–Kier alpha value is -1.85. The van der Waals surface area contributed by atoms with Crippen molar-refractivity contribution in [1.82, 2.24) is 0 Å². The van der Waals surface area contributed by atoms with Gasteiger partial charge >= 0.3 is 5.97 Å². The van der Waals surface area contributed by atoms with E-state index in [9.17, 15) is 9.90 Å². The van der Waals surface area contributed by atoms with Crippen molar-refractivity contribution in [1.29, 1.82) is 0 Å². The number of esters is 1. The summed E-state index contributed by atoms with van der Waals surface area (Å²) in [7, 11) is 0. The zero-order valence-electron chi connectivity index (χ0n) is 28.1. The van der Waals surface area contributed by atoms with Crippen molar-refractivity contribution in [3.05, 3.63) is 41.5 Å². The molecule has 10 atom stereocenters. The summed E-state index contributed by atoms with van der Waals surface area (Å²) in [5.74, 6) is 4.75. The Kier molecular flexibility index (Phi) is 9.56. The van der Waals surface area contributed by atoms with E-state index >= 15 is 0 Å². The molecule has 0 spiro atoms. The molecular weight excluding hydrogens is 548 g/mol. The minimum atomic E-state index is -0.461. The molecule has 1 aliphatic heterocycles. The first kappa shape index (κ1) is 32.1. The van der Waals surface area contributed by atoms with Gasteiger partial charge in [-0.1, -0.05) is 65.5 Å². The number of carbonyl (C=O) groups excluding carboxylic acids is 1. The lowest BCUT2D eigenvalue weighted by Gasteiger charge is -2.60. The lowest BCUT2D eigenvalue weighted by molar-refractivity contribution is -0.113. The standard InChI is InChI=1S/C39H58O5/c1-25(2)8-6-9-26(3)33-17-18-34-32-16-13-28-22-29(40)23-36(39(28,5)35(32)19-20-38(33,34)4)44-37(41)27-11-14-30(15-12-27)42-21-7-10-31-24-43-31/h11-15,25-26,29,31-36,40H,6-10,16-24H2,1-5H3/t26-,29-,31?,32+,33-,34+,35+,36?,38-,39+/m1/s1. The molecule has 4 aliphatic carbocycles. The lowest BCUT2D eigenvalue weighted by Crippen LogP contribution is -2.56. The van der Waals surface area contributed by atoms with Gasteiger partial charge in [0.15, 0.2) is 0 Å². The first-order chi connectivity index (χ1) is 21.1. The molecule has 0 bridgehead atoms. The molecule has 1 aromatic rings. The number of hydrogen-bond donors (Lipinski definition) is 1. The molecule has 1 N–H and O–H groups in total. The van der Waals surface area contributed by atoms with Crippen molar-refractivity contribution < 1.29 is 24.1 Å². The average molecular weight is 607 g/mol. The van der Waals surface area contributed by atoms with E-state index in [0.29, 0.717) is 48.4 Å². The third-order valence-corrected chi connectivity index (χ3v) is 13.0. The van der Waals surface area contributed by atoms with E-state index in [4.69, 9.17) is 14.2 Å². The van der Waals surface area contributed by atoms with Gasteiger partial charge in [-0.3, -0.25) is 0 Å². The highest BCUT2D eigenvalue weighted by Crippen LogP contribution is 2.67. The molecule has 4 fully saturated rings. The van der Waals surface area contributed by atoms with Crippen LogP contribution in [0.1, 0.15) is 122 Å². The van der Waals surface area contributed by atoms with Crippen LogP contribution < -0.4 is 4.74 Å². The normalized spacial score (nSPS) is 38.2. The van der Waals surface area contributed by atoms with Gasteiger partial charge in [-0.05, 0) is 117 Å². The van der Waals surface area contributed by atoms with Gasteiger partial charge < -0.3 is 19.3 Å². The van der Waals surface area contributed by atoms with E-state index in [1.165, 1.54) is 50.5 Å². The Morgan fingerprint density at radius 3 is 2.55 bits per heavy atom. The van der Waals surface area contributed by atoms with Gasteiger partial charge in [-0.25, -0.2) is 4.79 Å². The maximum Gasteiger partial charge on any atom is 0.338 e. The Labute approximate surface area is 266 Å². The van der Waals surface area contributed by atoms with Crippen molar-refractivity contribution in [2.45, 2.75) is 130 Å². The van der Waals surface area contributed by atoms with Gasteiger partial charge in [-0.15, -0.1) is 0 Å². The van der Waals surface area contributed by atoms with Gasteiger partial charge in [0.1, 0.15) is 11.9 Å². The topological polar surface area (TPSA) is 68.3 Å². The monoisotopic (exact) mass is 606 g/mol. The zero-order chi connectivity index (χ0) is 31.1. The summed E-state index contributed by atoms with van der Waals surface area (Å²) < 4.78 is 17.5. The highest BCUT2D eigenvalue weighted by Gasteiger charge is 2.61. The van der Waals surface area contributed by atoms with Crippen LogP contribution >= 0.6 is 0 Å². The molecule has 2 unspecified atom stereocenters. The first-order valence-electron chi connectivity index (χ1n) is 18.0. The number of carbonyl (C=O) groups is 1. The second-order valence-corrected chi connectivity index (χ2v) is 16.1. The van der Waals surface area contributed by atoms with Gasteiger partial charge in [0.25, 0.3) is 0 Å². The fraction of sp³-hybridized carbons (Fsp3) is 0.769. The summed E-state index contributed by atoms with van der Waals surface area (Å²) in [4.78, 5) is 13.6. The summed E-state index contributed by atoms with van der Waals surface area (Å²) in [5, 5.41) is 10.9. The van der Waals surface area contributed by atoms with Crippen molar-refractivity contribution in [2.75, 3.05) is 13.2 Å². The minimum absolute atomic E-state index is 0.214. The van der Waals surface area contributed by atoms with Crippen LogP contribution in [0, 0.1) is 46.3 Å². The third-order valence-electron chi connectivity index (χ3n) is 13.0. The van der Waals surface area contributed by atoms with Gasteiger partial charge in [0.2, 0.25) is 0 Å². The molecule has 5 nitrogen and oxygen atoms in total. The zero-order valence-corrected chi connectivity index (χ0v) is 28.1. The highest BCUT2D eigenvalue weighted by molar-refractivity contribution is 5.89. The average Bonchev–Trinajstić information content (AvgIpc) is 3.75. The van der Waals surface area contributed by atoms with Gasteiger partial charge in [-0.2, -0.15) is 0 Å². The minimum Gasteiger partial charge on any atom is -0.494 e. The van der Waals surface area contributed by atoms with Crippen molar-refractivity contribution in [3.8, 4) is 5.75 Å². The number of hydrogen-bond acceptors (Lipinski definition) is 5. The molecule has 1 aromatic carbocycles. The van der Waals surface area contributed by atoms with Crippen LogP contribution in [0.2, 0.25) is 0 Å². The number of rotatable bonds is 12. The Balaban J connectivity index is 1.13. The highest BCUT2D eigenvalue weighted by atomic mass is 16.6. The molecule has 44 heavy (non-hydrogen) atoms. The molecule has 0 radical (unpaired) electrons. The number of ether oxygens (including phenoxy) is 3. The smallest absolute Gasteiger partial charge is 0.338 e. The van der Waals surface area contributed by atoms with E-state index in [1.54, 1.807) is 0 Å². The molecular formula is C39H58O5. The molecule has 1 heterocycles. The summed E-state index contributed by atoms with van der Waals surface area (Å²) >= 11 is 0. The molecule has 3 saturated carbocycles. The van der Waals surface area contributed by atoms with Gasteiger partial charge in [0, 0.05) is 11.8 Å². The maximum atomic E-state index is 13.6.